The molecule has 3 heterocycles. The first kappa shape index (κ1) is 18.7. The third kappa shape index (κ3) is 4.43. The standard InChI is InChI=1S/C21H21N5O3/c1-28-16-2-3-18-17(12-16)15(13-24-18)8-11-23-19(27)4-5-20-25-21(26-29-20)14-6-9-22-10-7-14/h2-3,6-7,9-10,12-13,24H,4-5,8,11H2,1H3,(H,23,27). The highest BCUT2D eigenvalue weighted by molar-refractivity contribution is 5.84. The Morgan fingerprint density at radius 3 is 2.90 bits per heavy atom. The molecule has 8 heteroatoms. The Hall–Kier alpha value is -3.68. The van der Waals surface area contributed by atoms with Gasteiger partial charge in [-0.25, -0.2) is 0 Å². The number of fused-ring (bicyclic) bond motifs is 1. The number of nitrogens with one attached hydrogen (secondary N) is 2. The van der Waals surface area contributed by atoms with Crippen LogP contribution in [-0.4, -0.2) is 39.7 Å². The van der Waals surface area contributed by atoms with Crippen LogP contribution in [-0.2, 0) is 17.6 Å². The first-order valence-corrected chi connectivity index (χ1v) is 9.36. The van der Waals surface area contributed by atoms with Crippen LogP contribution in [0.25, 0.3) is 22.3 Å². The van der Waals surface area contributed by atoms with Gasteiger partial charge in [-0.15, -0.1) is 0 Å². The summed E-state index contributed by atoms with van der Waals surface area (Å²) in [6, 6.07) is 9.52. The summed E-state index contributed by atoms with van der Waals surface area (Å²) in [5, 5.41) is 7.99. The number of carbonyl (C=O) groups is 1. The molecular formula is C21H21N5O3. The van der Waals surface area contributed by atoms with Crippen molar-refractivity contribution < 1.29 is 14.1 Å². The molecule has 0 saturated carbocycles. The number of pyridine rings is 1. The first-order chi connectivity index (χ1) is 14.2. The zero-order valence-electron chi connectivity index (χ0n) is 16.0. The van der Waals surface area contributed by atoms with Gasteiger partial charge in [0.05, 0.1) is 7.11 Å². The van der Waals surface area contributed by atoms with Gasteiger partial charge in [0.2, 0.25) is 17.6 Å². The smallest absolute Gasteiger partial charge is 0.227 e. The van der Waals surface area contributed by atoms with Gasteiger partial charge in [-0.2, -0.15) is 4.98 Å². The molecule has 148 valence electrons. The molecule has 1 aromatic carbocycles. The summed E-state index contributed by atoms with van der Waals surface area (Å²) in [7, 11) is 1.65. The Balaban J connectivity index is 1.26. The Labute approximate surface area is 167 Å². The topological polar surface area (TPSA) is 106 Å². The maximum atomic E-state index is 12.1. The van der Waals surface area contributed by atoms with Gasteiger partial charge in [-0.3, -0.25) is 9.78 Å². The summed E-state index contributed by atoms with van der Waals surface area (Å²) in [6.45, 7) is 0.551. The van der Waals surface area contributed by atoms with E-state index in [-0.39, 0.29) is 5.91 Å². The van der Waals surface area contributed by atoms with E-state index >= 15 is 0 Å². The molecule has 3 aromatic heterocycles. The van der Waals surface area contributed by atoms with Crippen molar-refractivity contribution in [2.45, 2.75) is 19.3 Å². The predicted octanol–water partition coefficient (Wildman–Crippen LogP) is 2.91. The third-order valence-corrected chi connectivity index (χ3v) is 4.66. The molecule has 0 fully saturated rings. The molecule has 4 rings (SSSR count). The molecule has 8 nitrogen and oxygen atoms in total. The Morgan fingerprint density at radius 1 is 1.21 bits per heavy atom. The van der Waals surface area contributed by atoms with Gasteiger partial charge in [0, 0.05) is 54.4 Å². The van der Waals surface area contributed by atoms with Crippen LogP contribution in [0.3, 0.4) is 0 Å². The first-order valence-electron chi connectivity index (χ1n) is 9.36. The van der Waals surface area contributed by atoms with E-state index in [1.807, 2.05) is 36.5 Å². The number of methoxy groups -OCH3 is 1. The minimum atomic E-state index is -0.0499. The number of amides is 1. The second kappa shape index (κ2) is 8.55. The highest BCUT2D eigenvalue weighted by Crippen LogP contribution is 2.23. The minimum absolute atomic E-state index is 0.0499. The maximum Gasteiger partial charge on any atom is 0.227 e. The molecule has 0 aliphatic rings. The van der Waals surface area contributed by atoms with Gasteiger partial charge < -0.3 is 19.6 Å². The van der Waals surface area contributed by atoms with Crippen LogP contribution in [0.5, 0.6) is 5.75 Å². The molecule has 0 bridgehead atoms. The number of carbonyl (C=O) groups excluding carboxylic acids is 1. The van der Waals surface area contributed by atoms with Crippen LogP contribution in [0.1, 0.15) is 17.9 Å². The van der Waals surface area contributed by atoms with Gasteiger partial charge in [0.1, 0.15) is 5.75 Å². The Kier molecular flexibility index (Phi) is 5.51. The average Bonchev–Trinajstić information content (AvgIpc) is 3.40. The number of H-pyrrole nitrogens is 1. The van der Waals surface area contributed by atoms with Crippen LogP contribution in [0.15, 0.2) is 53.4 Å². The van der Waals surface area contributed by atoms with E-state index in [0.29, 0.717) is 31.1 Å². The van der Waals surface area contributed by atoms with Crippen LogP contribution in [0.4, 0.5) is 0 Å². The number of aromatic nitrogens is 4. The normalized spacial score (nSPS) is 10.9. The number of ether oxygens (including phenoxy) is 1. The molecule has 2 N–H and O–H groups in total. The van der Waals surface area contributed by atoms with Crippen LogP contribution < -0.4 is 10.1 Å². The number of hydrogen-bond acceptors (Lipinski definition) is 6. The van der Waals surface area contributed by atoms with Gasteiger partial charge in [0.25, 0.3) is 0 Å². The van der Waals surface area contributed by atoms with Gasteiger partial charge >= 0.3 is 0 Å². The van der Waals surface area contributed by atoms with Crippen LogP contribution >= 0.6 is 0 Å². The van der Waals surface area contributed by atoms with Gasteiger partial charge in [0.15, 0.2) is 0 Å². The highest BCUT2D eigenvalue weighted by Gasteiger charge is 2.11. The summed E-state index contributed by atoms with van der Waals surface area (Å²) in [5.41, 5.74) is 3.02. The van der Waals surface area contributed by atoms with E-state index in [2.05, 4.69) is 25.4 Å². The molecule has 0 unspecified atom stereocenters. The van der Waals surface area contributed by atoms with Crippen molar-refractivity contribution in [1.82, 2.24) is 25.4 Å². The average molecular weight is 391 g/mol. The van der Waals surface area contributed by atoms with E-state index in [1.165, 1.54) is 0 Å². The van der Waals surface area contributed by atoms with Crippen molar-refractivity contribution in [3.63, 3.8) is 0 Å². The molecule has 0 radical (unpaired) electrons. The maximum absolute atomic E-state index is 12.1. The third-order valence-electron chi connectivity index (χ3n) is 4.66. The lowest BCUT2D eigenvalue weighted by atomic mass is 10.1. The summed E-state index contributed by atoms with van der Waals surface area (Å²) in [5.74, 6) is 1.70. The molecule has 0 aliphatic carbocycles. The van der Waals surface area contributed by atoms with Crippen molar-refractivity contribution in [2.24, 2.45) is 0 Å². The van der Waals surface area contributed by atoms with Crippen molar-refractivity contribution >= 4 is 16.8 Å². The van der Waals surface area contributed by atoms with Crippen molar-refractivity contribution in [3.8, 4) is 17.1 Å². The fourth-order valence-corrected chi connectivity index (χ4v) is 3.11. The number of rotatable bonds is 8. The molecule has 0 aliphatic heterocycles. The van der Waals surface area contributed by atoms with Crippen molar-refractivity contribution in [1.29, 1.82) is 0 Å². The molecule has 0 spiro atoms. The predicted molar refractivity (Wildman–Crippen MR) is 107 cm³/mol. The molecular weight excluding hydrogens is 370 g/mol. The summed E-state index contributed by atoms with van der Waals surface area (Å²) in [4.78, 5) is 23.7. The lowest BCUT2D eigenvalue weighted by Gasteiger charge is -2.04. The zero-order valence-corrected chi connectivity index (χ0v) is 16.0. The Bertz CT molecular complexity index is 1100. The number of benzene rings is 1. The highest BCUT2D eigenvalue weighted by atomic mass is 16.5. The quantitative estimate of drug-likeness (QED) is 0.478. The molecule has 0 atom stereocenters. The van der Waals surface area contributed by atoms with Crippen LogP contribution in [0, 0.1) is 0 Å². The van der Waals surface area contributed by atoms with E-state index in [4.69, 9.17) is 9.26 Å². The largest absolute Gasteiger partial charge is 0.497 e. The summed E-state index contributed by atoms with van der Waals surface area (Å²) >= 11 is 0. The number of aromatic amines is 1. The van der Waals surface area contributed by atoms with Crippen molar-refractivity contribution in [2.75, 3.05) is 13.7 Å². The lowest BCUT2D eigenvalue weighted by molar-refractivity contribution is -0.121. The molecule has 1 amide bonds. The minimum Gasteiger partial charge on any atom is -0.497 e. The monoisotopic (exact) mass is 391 g/mol. The number of aryl methyl sites for hydroxylation is 1. The summed E-state index contributed by atoms with van der Waals surface area (Å²) in [6.07, 6.45) is 6.72. The summed E-state index contributed by atoms with van der Waals surface area (Å²) < 4.78 is 10.5. The van der Waals surface area contributed by atoms with E-state index in [0.717, 1.165) is 34.2 Å². The van der Waals surface area contributed by atoms with E-state index in [9.17, 15) is 4.79 Å². The van der Waals surface area contributed by atoms with Crippen LogP contribution in [0.2, 0.25) is 0 Å². The number of hydrogen-bond donors (Lipinski definition) is 2. The number of nitrogens with zero attached hydrogens (tertiary/aromatic N) is 3. The fourth-order valence-electron chi connectivity index (χ4n) is 3.11. The van der Waals surface area contributed by atoms with Gasteiger partial charge in [-0.05, 0) is 42.3 Å². The second-order valence-corrected chi connectivity index (χ2v) is 6.57. The molecule has 29 heavy (non-hydrogen) atoms. The Morgan fingerprint density at radius 2 is 2.07 bits per heavy atom. The van der Waals surface area contributed by atoms with E-state index in [1.54, 1.807) is 19.5 Å². The van der Waals surface area contributed by atoms with Crippen molar-refractivity contribution in [3.05, 3.63) is 60.4 Å². The fraction of sp³-hybridized carbons (Fsp3) is 0.238. The molecule has 0 saturated heterocycles. The van der Waals surface area contributed by atoms with E-state index < -0.39 is 0 Å². The SMILES string of the molecule is COc1ccc2[nH]cc(CCNC(=O)CCc3nc(-c4ccncc4)no3)c2c1. The second-order valence-electron chi connectivity index (χ2n) is 6.57. The molecule has 4 aromatic rings. The van der Waals surface area contributed by atoms with Gasteiger partial charge in [-0.1, -0.05) is 5.16 Å². The lowest BCUT2D eigenvalue weighted by Crippen LogP contribution is -2.25. The zero-order chi connectivity index (χ0) is 20.1.